The lowest BCUT2D eigenvalue weighted by molar-refractivity contribution is 0.0760. The van der Waals surface area contributed by atoms with Crippen LogP contribution in [0.1, 0.15) is 47.5 Å². The van der Waals surface area contributed by atoms with E-state index in [1.807, 2.05) is 23.1 Å². The number of aromatic nitrogens is 1. The number of hydrogen-bond donors (Lipinski definition) is 2. The van der Waals surface area contributed by atoms with Crippen molar-refractivity contribution < 1.29 is 9.90 Å². The van der Waals surface area contributed by atoms with E-state index in [0.29, 0.717) is 24.4 Å². The summed E-state index contributed by atoms with van der Waals surface area (Å²) < 4.78 is 0. The first kappa shape index (κ1) is 18.4. The Morgan fingerprint density at radius 1 is 1.15 bits per heavy atom. The van der Waals surface area contributed by atoms with Crippen LogP contribution >= 0.6 is 0 Å². The highest BCUT2D eigenvalue weighted by atomic mass is 16.3. The number of carbonyl (C=O) groups excluding carboxylic acids is 1. The quantitative estimate of drug-likeness (QED) is 0.782. The third kappa shape index (κ3) is 4.82. The van der Waals surface area contributed by atoms with Crippen molar-refractivity contribution in [3.05, 3.63) is 59.8 Å². The van der Waals surface area contributed by atoms with Crippen molar-refractivity contribution in [3.63, 3.8) is 0 Å². The lowest BCUT2D eigenvalue weighted by atomic mass is 9.92. The molecule has 1 aromatic heterocycles. The smallest absolute Gasteiger partial charge is 0.255 e. The van der Waals surface area contributed by atoms with E-state index in [1.54, 1.807) is 6.20 Å². The molecule has 0 spiro atoms. The second-order valence-corrected chi connectivity index (χ2v) is 6.77. The molecule has 1 fully saturated rings. The number of amides is 1. The summed E-state index contributed by atoms with van der Waals surface area (Å²) in [5.41, 5.74) is 2.01. The van der Waals surface area contributed by atoms with E-state index in [-0.39, 0.29) is 12.5 Å². The van der Waals surface area contributed by atoms with Crippen LogP contribution in [-0.4, -0.2) is 47.1 Å². The molecule has 2 N–H and O–H groups in total. The van der Waals surface area contributed by atoms with Gasteiger partial charge in [-0.3, -0.25) is 4.79 Å². The summed E-state index contributed by atoms with van der Waals surface area (Å²) in [6, 6.07) is 14.3. The Morgan fingerprint density at radius 3 is 2.73 bits per heavy atom. The average Bonchev–Trinajstić information content (AvgIpc) is 2.95. The number of pyridine rings is 1. The van der Waals surface area contributed by atoms with Crippen LogP contribution in [-0.2, 0) is 0 Å². The minimum absolute atomic E-state index is 0.0631. The van der Waals surface area contributed by atoms with Gasteiger partial charge in [0.1, 0.15) is 5.82 Å². The van der Waals surface area contributed by atoms with Gasteiger partial charge in [-0.15, -0.1) is 0 Å². The van der Waals surface area contributed by atoms with Gasteiger partial charge in [0.15, 0.2) is 0 Å². The number of nitrogens with one attached hydrogen (secondary N) is 1. The highest BCUT2D eigenvalue weighted by Gasteiger charge is 2.22. The first-order valence-corrected chi connectivity index (χ1v) is 9.43. The van der Waals surface area contributed by atoms with Crippen molar-refractivity contribution in [3.8, 4) is 0 Å². The maximum Gasteiger partial charge on any atom is 0.255 e. The summed E-state index contributed by atoms with van der Waals surface area (Å²) in [4.78, 5) is 19.1. The fourth-order valence-electron chi connectivity index (χ4n) is 3.46. The number of nitrogens with zero attached hydrogens (tertiary/aromatic N) is 2. The van der Waals surface area contributed by atoms with Gasteiger partial charge in [0, 0.05) is 32.4 Å². The lowest BCUT2D eigenvalue weighted by Gasteiger charge is -2.21. The number of aliphatic hydroxyl groups excluding tert-OH is 1. The van der Waals surface area contributed by atoms with Gasteiger partial charge < -0.3 is 15.3 Å². The molecule has 1 aliphatic heterocycles. The standard InChI is InChI=1S/C21H27N3O2/c25-15-5-12-22-20-10-9-19(16-23-20)21(26)24-13-4-8-18(11-14-24)17-6-2-1-3-7-17/h1-3,6-7,9-10,16,18,25H,4-5,8,11-15H2,(H,22,23)/t18-/m0/s1. The predicted molar refractivity (Wildman–Crippen MR) is 103 cm³/mol. The largest absolute Gasteiger partial charge is 0.396 e. The zero-order valence-electron chi connectivity index (χ0n) is 15.1. The molecular formula is C21H27N3O2. The number of rotatable bonds is 6. The number of likely N-dealkylation sites (tertiary alicyclic amines) is 1. The molecule has 1 saturated heterocycles. The minimum Gasteiger partial charge on any atom is -0.396 e. The zero-order chi connectivity index (χ0) is 18.2. The maximum atomic E-state index is 12.8. The van der Waals surface area contributed by atoms with Gasteiger partial charge in [-0.05, 0) is 49.3 Å². The molecule has 5 nitrogen and oxygen atoms in total. The zero-order valence-corrected chi connectivity index (χ0v) is 15.1. The van der Waals surface area contributed by atoms with Crippen molar-refractivity contribution in [2.45, 2.75) is 31.6 Å². The summed E-state index contributed by atoms with van der Waals surface area (Å²) in [6.45, 7) is 2.42. The fraction of sp³-hybridized carbons (Fsp3) is 0.429. The molecule has 0 unspecified atom stereocenters. The summed E-state index contributed by atoms with van der Waals surface area (Å²) in [7, 11) is 0. The Labute approximate surface area is 155 Å². The molecule has 26 heavy (non-hydrogen) atoms. The number of hydrogen-bond acceptors (Lipinski definition) is 4. The van der Waals surface area contributed by atoms with Crippen LogP contribution in [0.4, 0.5) is 5.82 Å². The third-order valence-electron chi connectivity index (χ3n) is 4.94. The first-order chi connectivity index (χ1) is 12.8. The van der Waals surface area contributed by atoms with Crippen molar-refractivity contribution in [2.75, 3.05) is 31.6 Å². The van der Waals surface area contributed by atoms with Crippen LogP contribution in [0, 0.1) is 0 Å². The number of aliphatic hydroxyl groups is 1. The number of benzene rings is 1. The molecule has 1 aromatic carbocycles. The van der Waals surface area contributed by atoms with Crippen LogP contribution in [0.3, 0.4) is 0 Å². The molecule has 1 aliphatic rings. The molecule has 2 aromatic rings. The molecule has 5 heteroatoms. The Bertz CT molecular complexity index is 688. The molecular weight excluding hydrogens is 326 g/mol. The Morgan fingerprint density at radius 2 is 2.00 bits per heavy atom. The van der Waals surface area contributed by atoms with Gasteiger partial charge >= 0.3 is 0 Å². The van der Waals surface area contributed by atoms with Crippen LogP contribution < -0.4 is 5.32 Å². The number of anilines is 1. The molecule has 138 valence electrons. The Hall–Kier alpha value is -2.40. The molecule has 0 aliphatic carbocycles. The molecule has 1 amide bonds. The van der Waals surface area contributed by atoms with Crippen molar-refractivity contribution >= 4 is 11.7 Å². The third-order valence-corrected chi connectivity index (χ3v) is 4.94. The summed E-state index contributed by atoms with van der Waals surface area (Å²) in [6.07, 6.45) is 5.48. The average molecular weight is 353 g/mol. The topological polar surface area (TPSA) is 65.5 Å². The predicted octanol–water partition coefficient (Wildman–Crippen LogP) is 3.29. The van der Waals surface area contributed by atoms with E-state index in [4.69, 9.17) is 5.11 Å². The molecule has 1 atom stereocenters. The van der Waals surface area contributed by atoms with E-state index >= 15 is 0 Å². The summed E-state index contributed by atoms with van der Waals surface area (Å²) >= 11 is 0. The molecule has 0 saturated carbocycles. The van der Waals surface area contributed by atoms with Gasteiger partial charge in [-0.25, -0.2) is 4.98 Å². The monoisotopic (exact) mass is 353 g/mol. The Balaban J connectivity index is 1.58. The van der Waals surface area contributed by atoms with Crippen LogP contribution in [0.25, 0.3) is 0 Å². The normalized spacial score (nSPS) is 17.6. The van der Waals surface area contributed by atoms with Crippen molar-refractivity contribution in [1.29, 1.82) is 0 Å². The van der Waals surface area contributed by atoms with Crippen molar-refractivity contribution in [1.82, 2.24) is 9.88 Å². The lowest BCUT2D eigenvalue weighted by Crippen LogP contribution is -2.32. The van der Waals surface area contributed by atoms with Gasteiger partial charge in [0.05, 0.1) is 5.56 Å². The molecule has 0 bridgehead atoms. The van der Waals surface area contributed by atoms with Gasteiger partial charge in [-0.1, -0.05) is 30.3 Å². The van der Waals surface area contributed by atoms with Crippen LogP contribution in [0.15, 0.2) is 48.7 Å². The van der Waals surface area contributed by atoms with Gasteiger partial charge in [0.2, 0.25) is 0 Å². The summed E-state index contributed by atoms with van der Waals surface area (Å²) in [5.74, 6) is 1.33. The fourth-order valence-corrected chi connectivity index (χ4v) is 3.46. The van der Waals surface area contributed by atoms with E-state index in [9.17, 15) is 4.79 Å². The van der Waals surface area contributed by atoms with E-state index in [0.717, 1.165) is 38.2 Å². The molecule has 2 heterocycles. The second-order valence-electron chi connectivity index (χ2n) is 6.77. The van der Waals surface area contributed by atoms with Crippen LogP contribution in [0.2, 0.25) is 0 Å². The first-order valence-electron chi connectivity index (χ1n) is 9.43. The second kappa shape index (κ2) is 9.34. The van der Waals surface area contributed by atoms with E-state index < -0.39 is 0 Å². The van der Waals surface area contributed by atoms with E-state index in [1.165, 1.54) is 5.56 Å². The Kier molecular flexibility index (Phi) is 6.61. The maximum absolute atomic E-state index is 12.8. The minimum atomic E-state index is 0.0631. The molecule has 0 radical (unpaired) electrons. The number of carbonyl (C=O) groups is 1. The molecule has 3 rings (SSSR count). The SMILES string of the molecule is O=C(c1ccc(NCCCO)nc1)N1CCC[C@H](c2ccccc2)CC1. The van der Waals surface area contributed by atoms with Crippen molar-refractivity contribution in [2.24, 2.45) is 0 Å². The highest BCUT2D eigenvalue weighted by molar-refractivity contribution is 5.94. The van der Waals surface area contributed by atoms with Crippen LogP contribution in [0.5, 0.6) is 0 Å². The highest BCUT2D eigenvalue weighted by Crippen LogP contribution is 2.28. The summed E-state index contributed by atoms with van der Waals surface area (Å²) in [5, 5.41) is 11.9. The van der Waals surface area contributed by atoms with Gasteiger partial charge in [-0.2, -0.15) is 0 Å². The van der Waals surface area contributed by atoms with Gasteiger partial charge in [0.25, 0.3) is 5.91 Å². The van der Waals surface area contributed by atoms with E-state index in [2.05, 4.69) is 34.6 Å².